The number of aromatic nitrogens is 2. The molecule has 1 aliphatic rings. The van der Waals surface area contributed by atoms with Crippen LogP contribution < -0.4 is 10.9 Å². The fraction of sp³-hybridized carbons (Fsp3) is 0.381. The maximum Gasteiger partial charge on any atom is 0.261 e. The van der Waals surface area contributed by atoms with Crippen molar-refractivity contribution < 1.29 is 13.8 Å². The molecule has 1 saturated heterocycles. The number of amides is 1. The Bertz CT molecular complexity index is 1160. The van der Waals surface area contributed by atoms with Crippen molar-refractivity contribution >= 4 is 34.1 Å². The number of aryl methyl sites for hydroxylation is 1. The van der Waals surface area contributed by atoms with Crippen LogP contribution in [-0.2, 0) is 29.7 Å². The number of carbonyl (C=O) groups is 1. The van der Waals surface area contributed by atoms with Crippen LogP contribution in [0.15, 0.2) is 39.7 Å². The Hall–Kier alpha value is -2.66. The van der Waals surface area contributed by atoms with Crippen LogP contribution in [0.25, 0.3) is 22.2 Å². The topological polar surface area (TPSA) is 107 Å². The lowest BCUT2D eigenvalue weighted by atomic mass is 10.1. The average molecular weight is 444 g/mol. The molecular weight excluding hydrogens is 418 g/mol. The molecule has 4 rings (SSSR count). The first kappa shape index (κ1) is 21.6. The monoisotopic (exact) mass is 443 g/mol. The Balaban J connectivity index is 1.66. The number of anilines is 1. The van der Waals surface area contributed by atoms with Crippen molar-refractivity contribution in [2.45, 2.75) is 13.5 Å². The van der Waals surface area contributed by atoms with E-state index in [1.165, 1.54) is 11.5 Å². The van der Waals surface area contributed by atoms with Gasteiger partial charge in [0.15, 0.2) is 5.58 Å². The number of hydrogen-bond donors (Lipinski definition) is 1. The summed E-state index contributed by atoms with van der Waals surface area (Å²) in [5.74, 6) is 0.927. The summed E-state index contributed by atoms with van der Waals surface area (Å²) in [4.78, 5) is 30.8. The highest BCUT2D eigenvalue weighted by Gasteiger charge is 2.24. The summed E-state index contributed by atoms with van der Waals surface area (Å²) in [6, 6.07) is 7.12. The number of pyridine rings is 2. The van der Waals surface area contributed by atoms with Crippen molar-refractivity contribution in [3.05, 3.63) is 46.6 Å². The third-order valence-electron chi connectivity index (χ3n) is 5.30. The summed E-state index contributed by atoms with van der Waals surface area (Å²) >= 11 is -0.956. The van der Waals surface area contributed by atoms with Gasteiger partial charge in [0.05, 0.1) is 36.3 Å². The van der Waals surface area contributed by atoms with Crippen LogP contribution in [0.1, 0.15) is 12.7 Å². The van der Waals surface area contributed by atoms with Gasteiger partial charge in [-0.15, -0.1) is 4.31 Å². The minimum absolute atomic E-state index is 0.141. The number of furan rings is 1. The standard InChI is InChI=1S/C21H25N5O4S/c1-14(27)22-19-6-4-5-18(23-19)17-13-24(2)21(28)16-11-15(30-20(16)17)12-25-7-9-26(10-8-25)31(3)29/h4-6,11,13H,7-10,12H2,1-3H3,(H,22,23,27). The first-order valence-electron chi connectivity index (χ1n) is 9.99. The third-order valence-corrected chi connectivity index (χ3v) is 6.40. The smallest absolute Gasteiger partial charge is 0.261 e. The van der Waals surface area contributed by atoms with Crippen molar-refractivity contribution in [3.8, 4) is 11.3 Å². The molecule has 0 aliphatic carbocycles. The summed E-state index contributed by atoms with van der Waals surface area (Å²) in [5.41, 5.74) is 1.63. The van der Waals surface area contributed by atoms with E-state index >= 15 is 0 Å². The van der Waals surface area contributed by atoms with Gasteiger partial charge in [-0.2, -0.15) is 0 Å². The SMILES string of the molecule is CC(=O)Nc1cccc(-c2cn(C)c(=O)c3cc(CN4CCN([S+](C)[O-])CC4)oc23)n1. The number of nitrogens with one attached hydrogen (secondary N) is 1. The first-order valence-corrected chi connectivity index (χ1v) is 11.5. The Morgan fingerprint density at radius 1 is 1.29 bits per heavy atom. The summed E-state index contributed by atoms with van der Waals surface area (Å²) in [7, 11) is 1.69. The van der Waals surface area contributed by atoms with Crippen molar-refractivity contribution in [1.82, 2.24) is 18.8 Å². The fourth-order valence-electron chi connectivity index (χ4n) is 3.76. The van der Waals surface area contributed by atoms with E-state index in [1.54, 1.807) is 37.7 Å². The lowest BCUT2D eigenvalue weighted by Crippen LogP contribution is -2.47. The quantitative estimate of drug-likeness (QED) is 0.597. The molecule has 1 unspecified atom stereocenters. The molecule has 0 radical (unpaired) electrons. The molecule has 9 nitrogen and oxygen atoms in total. The van der Waals surface area contributed by atoms with Crippen LogP contribution in [0.5, 0.6) is 0 Å². The number of piperazine rings is 1. The lowest BCUT2D eigenvalue weighted by Gasteiger charge is -2.32. The third kappa shape index (κ3) is 4.67. The molecule has 0 saturated carbocycles. The zero-order valence-electron chi connectivity index (χ0n) is 17.8. The summed E-state index contributed by atoms with van der Waals surface area (Å²) in [5, 5.41) is 3.17. The molecule has 1 aliphatic heterocycles. The van der Waals surface area contributed by atoms with E-state index in [9.17, 15) is 14.1 Å². The van der Waals surface area contributed by atoms with Gasteiger partial charge < -0.3 is 18.9 Å². The Morgan fingerprint density at radius 2 is 2.03 bits per heavy atom. The van der Waals surface area contributed by atoms with Gasteiger partial charge in [0, 0.05) is 44.6 Å². The van der Waals surface area contributed by atoms with Gasteiger partial charge in [-0.1, -0.05) is 6.07 Å². The highest BCUT2D eigenvalue weighted by molar-refractivity contribution is 7.88. The van der Waals surface area contributed by atoms with Crippen molar-refractivity contribution in [2.75, 3.05) is 37.8 Å². The highest BCUT2D eigenvalue weighted by atomic mass is 32.2. The minimum Gasteiger partial charge on any atom is -0.598 e. The van der Waals surface area contributed by atoms with Crippen molar-refractivity contribution in [2.24, 2.45) is 7.05 Å². The molecule has 0 aromatic carbocycles. The van der Waals surface area contributed by atoms with Crippen LogP contribution in [0.2, 0.25) is 0 Å². The maximum absolute atomic E-state index is 12.7. The van der Waals surface area contributed by atoms with Gasteiger partial charge in [-0.05, 0) is 18.2 Å². The Morgan fingerprint density at radius 3 is 2.71 bits per heavy atom. The van der Waals surface area contributed by atoms with Crippen LogP contribution in [-0.4, -0.2) is 61.7 Å². The molecule has 31 heavy (non-hydrogen) atoms. The molecule has 3 aromatic heterocycles. The Kier molecular flexibility index (Phi) is 6.15. The van der Waals surface area contributed by atoms with Gasteiger partial charge in [-0.25, -0.2) is 4.98 Å². The molecule has 3 aromatic rings. The zero-order valence-corrected chi connectivity index (χ0v) is 18.6. The second-order valence-electron chi connectivity index (χ2n) is 7.63. The number of nitrogens with zero attached hydrogens (tertiary/aromatic N) is 4. The zero-order chi connectivity index (χ0) is 22.1. The van der Waals surface area contributed by atoms with Gasteiger partial charge >= 0.3 is 0 Å². The van der Waals surface area contributed by atoms with Crippen LogP contribution in [0, 0.1) is 0 Å². The molecule has 164 valence electrons. The molecule has 1 atom stereocenters. The van der Waals surface area contributed by atoms with E-state index in [0.717, 1.165) is 26.2 Å². The number of fused-ring (bicyclic) bond motifs is 1. The van der Waals surface area contributed by atoms with Crippen LogP contribution >= 0.6 is 0 Å². The van der Waals surface area contributed by atoms with E-state index in [2.05, 4.69) is 15.2 Å². The molecule has 0 bridgehead atoms. The second-order valence-corrected chi connectivity index (χ2v) is 9.00. The van der Waals surface area contributed by atoms with E-state index in [4.69, 9.17) is 4.42 Å². The maximum atomic E-state index is 12.7. The summed E-state index contributed by atoms with van der Waals surface area (Å²) in [6.45, 7) is 5.02. The number of hydrogen-bond acceptors (Lipinski definition) is 7. The Labute approximate surface area is 183 Å². The van der Waals surface area contributed by atoms with E-state index in [-0.39, 0.29) is 11.5 Å². The molecule has 4 heterocycles. The first-order chi connectivity index (χ1) is 14.8. The predicted octanol–water partition coefficient (Wildman–Crippen LogP) is 1.56. The van der Waals surface area contributed by atoms with Gasteiger partial charge in [0.2, 0.25) is 5.91 Å². The second kappa shape index (κ2) is 8.83. The fourth-order valence-corrected chi connectivity index (χ4v) is 4.44. The molecule has 1 fully saturated rings. The van der Waals surface area contributed by atoms with Gasteiger partial charge in [0.1, 0.15) is 17.8 Å². The predicted molar refractivity (Wildman–Crippen MR) is 120 cm³/mol. The lowest BCUT2D eigenvalue weighted by molar-refractivity contribution is -0.114. The largest absolute Gasteiger partial charge is 0.598 e. The normalized spacial score (nSPS) is 16.5. The molecule has 10 heteroatoms. The van der Waals surface area contributed by atoms with Gasteiger partial charge in [-0.3, -0.25) is 14.5 Å². The van der Waals surface area contributed by atoms with Crippen molar-refractivity contribution in [1.29, 1.82) is 0 Å². The number of rotatable bonds is 5. The summed E-state index contributed by atoms with van der Waals surface area (Å²) in [6.07, 6.45) is 3.40. The molecule has 0 spiro atoms. The van der Waals surface area contributed by atoms with Crippen LogP contribution in [0.3, 0.4) is 0 Å². The molecule has 1 N–H and O–H groups in total. The van der Waals surface area contributed by atoms with Crippen molar-refractivity contribution in [3.63, 3.8) is 0 Å². The van der Waals surface area contributed by atoms with E-state index < -0.39 is 11.4 Å². The van der Waals surface area contributed by atoms with E-state index in [0.29, 0.717) is 40.3 Å². The number of carbonyl (C=O) groups excluding carboxylic acids is 1. The van der Waals surface area contributed by atoms with Crippen LogP contribution in [0.4, 0.5) is 5.82 Å². The highest BCUT2D eigenvalue weighted by Crippen LogP contribution is 2.29. The summed E-state index contributed by atoms with van der Waals surface area (Å²) < 4.78 is 21.2. The minimum atomic E-state index is -0.956. The van der Waals surface area contributed by atoms with Gasteiger partial charge in [0.25, 0.3) is 5.56 Å². The molecular formula is C21H25N5O4S. The molecule has 1 amide bonds. The average Bonchev–Trinajstić information content (AvgIpc) is 3.14. The van der Waals surface area contributed by atoms with E-state index in [1.807, 2.05) is 10.4 Å².